The smallest absolute Gasteiger partial charge is 0.321 e. The van der Waals surface area contributed by atoms with Gasteiger partial charge in [-0.2, -0.15) is 0 Å². The van der Waals surface area contributed by atoms with Crippen molar-refractivity contribution in [1.29, 1.82) is 0 Å². The maximum absolute atomic E-state index is 11.6. The van der Waals surface area contributed by atoms with Crippen molar-refractivity contribution in [3.05, 3.63) is 35.4 Å². The van der Waals surface area contributed by atoms with Crippen molar-refractivity contribution in [2.75, 3.05) is 5.75 Å². The highest BCUT2D eigenvalue weighted by Crippen LogP contribution is 2.07. The van der Waals surface area contributed by atoms with E-state index in [0.717, 1.165) is 11.1 Å². The van der Waals surface area contributed by atoms with Gasteiger partial charge >= 0.3 is 5.97 Å². The van der Waals surface area contributed by atoms with E-state index in [1.807, 2.05) is 31.2 Å². The molecule has 0 saturated carbocycles. The molecule has 1 aromatic rings. The molecule has 1 rings (SSSR count). The van der Waals surface area contributed by atoms with Crippen LogP contribution >= 0.6 is 0 Å². The average molecular weight is 241 g/mol. The third-order valence-electron chi connectivity index (χ3n) is 2.09. The molecule has 5 heteroatoms. The molecule has 0 spiro atoms. The summed E-state index contributed by atoms with van der Waals surface area (Å²) >= 11 is 0. The van der Waals surface area contributed by atoms with Crippen LogP contribution in [-0.2, 0) is 21.3 Å². The molecule has 2 atom stereocenters. The van der Waals surface area contributed by atoms with Crippen LogP contribution in [0.1, 0.15) is 11.1 Å². The molecule has 0 aliphatic carbocycles. The number of aryl methyl sites for hydroxylation is 1. The second-order valence-electron chi connectivity index (χ2n) is 3.68. The minimum Gasteiger partial charge on any atom is -0.480 e. The number of nitrogens with two attached hydrogens (primary N) is 1. The summed E-state index contributed by atoms with van der Waals surface area (Å²) in [4.78, 5) is 10.5. The Hall–Kier alpha value is -1.20. The highest BCUT2D eigenvalue weighted by molar-refractivity contribution is 7.84. The van der Waals surface area contributed by atoms with E-state index in [0.29, 0.717) is 5.75 Å². The lowest BCUT2D eigenvalue weighted by Gasteiger charge is -2.06. The van der Waals surface area contributed by atoms with Crippen molar-refractivity contribution in [2.24, 2.45) is 5.73 Å². The van der Waals surface area contributed by atoms with Crippen LogP contribution in [0.2, 0.25) is 0 Å². The number of benzene rings is 1. The summed E-state index contributed by atoms with van der Waals surface area (Å²) in [5.74, 6) is -0.774. The number of hydrogen-bond donors (Lipinski definition) is 2. The van der Waals surface area contributed by atoms with E-state index in [1.165, 1.54) is 0 Å². The second kappa shape index (κ2) is 5.77. The topological polar surface area (TPSA) is 80.4 Å². The molecule has 0 aromatic heterocycles. The van der Waals surface area contributed by atoms with E-state index in [-0.39, 0.29) is 5.75 Å². The Bertz CT molecular complexity index is 406. The Balaban J connectivity index is 2.55. The minimum atomic E-state index is -1.24. The van der Waals surface area contributed by atoms with Gasteiger partial charge in [-0.05, 0) is 12.5 Å². The molecule has 0 saturated heterocycles. The van der Waals surface area contributed by atoms with Gasteiger partial charge in [-0.1, -0.05) is 29.8 Å². The van der Waals surface area contributed by atoms with E-state index < -0.39 is 22.8 Å². The van der Waals surface area contributed by atoms with Crippen molar-refractivity contribution >= 4 is 16.8 Å². The summed E-state index contributed by atoms with van der Waals surface area (Å²) < 4.78 is 11.6. The molecule has 0 aliphatic rings. The predicted molar refractivity (Wildman–Crippen MR) is 63.5 cm³/mol. The molecule has 0 aliphatic heterocycles. The van der Waals surface area contributed by atoms with Crippen molar-refractivity contribution in [2.45, 2.75) is 18.7 Å². The molecule has 0 amide bonds. The van der Waals surface area contributed by atoms with Crippen LogP contribution in [-0.4, -0.2) is 27.1 Å². The standard InChI is InChI=1S/C11H15NO3S/c1-8-3-2-4-9(5-8)6-16(15)7-10(12)11(13)14/h2-5,10H,6-7,12H2,1H3,(H,13,14). The summed E-state index contributed by atoms with van der Waals surface area (Å²) in [5, 5.41) is 8.58. The van der Waals surface area contributed by atoms with Gasteiger partial charge in [-0.25, -0.2) is 0 Å². The quantitative estimate of drug-likeness (QED) is 0.793. The van der Waals surface area contributed by atoms with Gasteiger partial charge in [0.15, 0.2) is 0 Å². The van der Waals surface area contributed by atoms with Gasteiger partial charge in [0.25, 0.3) is 0 Å². The number of hydrogen-bond acceptors (Lipinski definition) is 3. The van der Waals surface area contributed by atoms with Gasteiger partial charge in [0, 0.05) is 22.3 Å². The lowest BCUT2D eigenvalue weighted by atomic mass is 10.2. The van der Waals surface area contributed by atoms with Crippen LogP contribution in [0.4, 0.5) is 0 Å². The van der Waals surface area contributed by atoms with Crippen LogP contribution in [0.5, 0.6) is 0 Å². The maximum atomic E-state index is 11.6. The first-order valence-corrected chi connectivity index (χ1v) is 6.36. The molecular weight excluding hydrogens is 226 g/mol. The van der Waals surface area contributed by atoms with Crippen LogP contribution < -0.4 is 5.73 Å². The van der Waals surface area contributed by atoms with Gasteiger partial charge in [0.05, 0.1) is 0 Å². The maximum Gasteiger partial charge on any atom is 0.321 e. The number of carbonyl (C=O) groups is 1. The highest BCUT2D eigenvalue weighted by atomic mass is 32.2. The third kappa shape index (κ3) is 4.12. The molecule has 16 heavy (non-hydrogen) atoms. The Morgan fingerprint density at radius 1 is 1.56 bits per heavy atom. The predicted octanol–water partition coefficient (Wildman–Crippen LogP) is 0.656. The Morgan fingerprint density at radius 2 is 2.25 bits per heavy atom. The number of aliphatic carboxylic acids is 1. The van der Waals surface area contributed by atoms with Gasteiger partial charge in [-0.3, -0.25) is 9.00 Å². The molecular formula is C11H15NO3S. The molecule has 0 fully saturated rings. The van der Waals surface area contributed by atoms with Gasteiger partial charge in [0.1, 0.15) is 6.04 Å². The van der Waals surface area contributed by atoms with E-state index in [1.54, 1.807) is 0 Å². The van der Waals surface area contributed by atoms with Crippen molar-refractivity contribution in [1.82, 2.24) is 0 Å². The summed E-state index contributed by atoms with van der Waals surface area (Å²) in [7, 11) is -1.24. The molecule has 4 nitrogen and oxygen atoms in total. The Kier molecular flexibility index (Phi) is 4.64. The van der Waals surface area contributed by atoms with Crippen molar-refractivity contribution in [3.63, 3.8) is 0 Å². The van der Waals surface area contributed by atoms with Crippen LogP contribution in [0, 0.1) is 6.92 Å². The zero-order chi connectivity index (χ0) is 12.1. The molecule has 1 aromatic carbocycles. The van der Waals surface area contributed by atoms with Gasteiger partial charge in [0.2, 0.25) is 0 Å². The number of carboxylic acids is 1. The summed E-state index contributed by atoms with van der Waals surface area (Å²) in [6.07, 6.45) is 0. The number of carboxylic acid groups (broad SMARTS) is 1. The summed E-state index contributed by atoms with van der Waals surface area (Å²) in [5.41, 5.74) is 7.34. The molecule has 2 unspecified atom stereocenters. The third-order valence-corrected chi connectivity index (χ3v) is 3.48. The fourth-order valence-electron chi connectivity index (χ4n) is 1.32. The largest absolute Gasteiger partial charge is 0.480 e. The van der Waals surface area contributed by atoms with E-state index >= 15 is 0 Å². The van der Waals surface area contributed by atoms with Gasteiger partial charge < -0.3 is 10.8 Å². The Labute approximate surface area is 96.9 Å². The fourth-order valence-corrected chi connectivity index (χ4v) is 2.53. The first kappa shape index (κ1) is 12.9. The molecule has 3 N–H and O–H groups in total. The van der Waals surface area contributed by atoms with Gasteiger partial charge in [-0.15, -0.1) is 0 Å². The zero-order valence-corrected chi connectivity index (χ0v) is 9.87. The molecule has 0 heterocycles. The van der Waals surface area contributed by atoms with Crippen molar-refractivity contribution < 1.29 is 14.1 Å². The molecule has 0 radical (unpaired) electrons. The first-order chi connectivity index (χ1) is 7.49. The van der Waals surface area contributed by atoms with Crippen LogP contribution in [0.25, 0.3) is 0 Å². The molecule has 88 valence electrons. The second-order valence-corrected chi connectivity index (χ2v) is 5.19. The first-order valence-electron chi connectivity index (χ1n) is 4.88. The van der Waals surface area contributed by atoms with E-state index in [9.17, 15) is 9.00 Å². The lowest BCUT2D eigenvalue weighted by Crippen LogP contribution is -2.35. The fraction of sp³-hybridized carbons (Fsp3) is 0.364. The zero-order valence-electron chi connectivity index (χ0n) is 9.05. The normalized spacial score (nSPS) is 14.4. The van der Waals surface area contributed by atoms with E-state index in [4.69, 9.17) is 10.8 Å². The van der Waals surface area contributed by atoms with Crippen LogP contribution in [0.3, 0.4) is 0 Å². The number of rotatable bonds is 5. The lowest BCUT2D eigenvalue weighted by molar-refractivity contribution is -0.137. The Morgan fingerprint density at radius 3 is 2.81 bits per heavy atom. The van der Waals surface area contributed by atoms with E-state index in [2.05, 4.69) is 0 Å². The minimum absolute atomic E-state index is 0.0106. The average Bonchev–Trinajstić information content (AvgIpc) is 2.16. The monoisotopic (exact) mass is 241 g/mol. The summed E-state index contributed by atoms with van der Waals surface area (Å²) in [6, 6.07) is 6.60. The SMILES string of the molecule is Cc1cccc(CS(=O)CC(N)C(=O)O)c1. The summed E-state index contributed by atoms with van der Waals surface area (Å²) in [6.45, 7) is 1.95. The van der Waals surface area contributed by atoms with Crippen LogP contribution in [0.15, 0.2) is 24.3 Å². The van der Waals surface area contributed by atoms with Crippen molar-refractivity contribution in [3.8, 4) is 0 Å². The molecule has 0 bridgehead atoms. The highest BCUT2D eigenvalue weighted by Gasteiger charge is 2.15.